The normalized spacial score (nSPS) is 15.7. The third kappa shape index (κ3) is 3.37. The van der Waals surface area contributed by atoms with Gasteiger partial charge in [-0.3, -0.25) is 14.6 Å². The van der Waals surface area contributed by atoms with Gasteiger partial charge in [-0.05, 0) is 60.3 Å². The van der Waals surface area contributed by atoms with Crippen LogP contribution in [-0.2, 0) is 4.79 Å². The second-order valence-corrected chi connectivity index (χ2v) is 6.81. The van der Waals surface area contributed by atoms with E-state index >= 15 is 0 Å². The zero-order chi connectivity index (χ0) is 18.8. The SMILES string of the molecule is O=C1/C(=C\c2ccccc2)N(c2ccc(Cl)cc2)C(=S)N1c1ccccc1. The van der Waals surface area contributed by atoms with E-state index in [-0.39, 0.29) is 5.91 Å². The molecule has 0 spiro atoms. The number of carbonyl (C=O) groups excluding carboxylic acids is 1. The zero-order valence-electron chi connectivity index (χ0n) is 14.2. The minimum Gasteiger partial charge on any atom is -0.281 e. The number of rotatable bonds is 3. The Bertz CT molecular complexity index is 1020. The Hall–Kier alpha value is -2.95. The molecule has 3 nitrogen and oxygen atoms in total. The zero-order valence-corrected chi connectivity index (χ0v) is 15.8. The fourth-order valence-corrected chi connectivity index (χ4v) is 3.50. The summed E-state index contributed by atoms with van der Waals surface area (Å²) in [5, 5.41) is 1.04. The smallest absolute Gasteiger partial charge is 0.281 e. The van der Waals surface area contributed by atoms with E-state index in [2.05, 4.69) is 0 Å². The Morgan fingerprint density at radius 3 is 1.93 bits per heavy atom. The predicted octanol–water partition coefficient (Wildman–Crippen LogP) is 5.52. The maximum absolute atomic E-state index is 13.3. The van der Waals surface area contributed by atoms with Crippen LogP contribution in [0.25, 0.3) is 6.08 Å². The van der Waals surface area contributed by atoms with E-state index in [0.29, 0.717) is 15.8 Å². The van der Waals surface area contributed by atoms with Crippen molar-refractivity contribution in [1.29, 1.82) is 0 Å². The second-order valence-electron chi connectivity index (χ2n) is 6.01. The highest BCUT2D eigenvalue weighted by Gasteiger charge is 2.39. The monoisotopic (exact) mass is 390 g/mol. The van der Waals surface area contributed by atoms with Crippen molar-refractivity contribution in [2.45, 2.75) is 0 Å². The van der Waals surface area contributed by atoms with Crippen LogP contribution in [0, 0.1) is 0 Å². The molecule has 0 unspecified atom stereocenters. The molecule has 0 aliphatic carbocycles. The summed E-state index contributed by atoms with van der Waals surface area (Å²) >= 11 is 11.7. The molecule has 0 atom stereocenters. The van der Waals surface area contributed by atoms with Gasteiger partial charge in [0.1, 0.15) is 5.70 Å². The molecule has 1 fully saturated rings. The number of amides is 1. The minimum absolute atomic E-state index is 0.162. The van der Waals surface area contributed by atoms with Gasteiger partial charge in [0.05, 0.1) is 5.69 Å². The number of anilines is 2. The van der Waals surface area contributed by atoms with Gasteiger partial charge in [0.25, 0.3) is 5.91 Å². The number of hydrogen-bond acceptors (Lipinski definition) is 2. The lowest BCUT2D eigenvalue weighted by Gasteiger charge is -2.20. The number of thiocarbonyl (C=S) groups is 1. The van der Waals surface area contributed by atoms with Gasteiger partial charge < -0.3 is 0 Å². The summed E-state index contributed by atoms with van der Waals surface area (Å²) in [4.78, 5) is 16.6. The van der Waals surface area contributed by atoms with Crippen molar-refractivity contribution in [3.05, 3.63) is 101 Å². The lowest BCUT2D eigenvalue weighted by atomic mass is 10.1. The number of hydrogen-bond donors (Lipinski definition) is 0. The van der Waals surface area contributed by atoms with Crippen LogP contribution < -0.4 is 9.80 Å². The molecule has 1 heterocycles. The van der Waals surface area contributed by atoms with E-state index in [9.17, 15) is 4.79 Å². The molecular weight excluding hydrogens is 376 g/mol. The summed E-state index contributed by atoms with van der Waals surface area (Å²) in [6.45, 7) is 0. The lowest BCUT2D eigenvalue weighted by molar-refractivity contribution is -0.113. The Morgan fingerprint density at radius 2 is 1.30 bits per heavy atom. The summed E-state index contributed by atoms with van der Waals surface area (Å²) in [6, 6.07) is 26.4. The number of halogens is 1. The fourth-order valence-electron chi connectivity index (χ4n) is 2.98. The van der Waals surface area contributed by atoms with Gasteiger partial charge in [-0.15, -0.1) is 0 Å². The molecule has 1 saturated heterocycles. The van der Waals surface area contributed by atoms with Crippen LogP contribution in [0.2, 0.25) is 5.02 Å². The van der Waals surface area contributed by atoms with Crippen LogP contribution in [0.1, 0.15) is 5.56 Å². The van der Waals surface area contributed by atoms with Gasteiger partial charge in [0.15, 0.2) is 5.11 Å². The molecule has 132 valence electrons. The average molecular weight is 391 g/mol. The summed E-state index contributed by atoms with van der Waals surface area (Å²) < 4.78 is 0. The molecule has 1 amide bonds. The van der Waals surface area contributed by atoms with Gasteiger partial charge in [-0.25, -0.2) is 0 Å². The summed E-state index contributed by atoms with van der Waals surface area (Å²) in [7, 11) is 0. The van der Waals surface area contributed by atoms with E-state index in [0.717, 1.165) is 16.9 Å². The standard InChI is InChI=1S/C22H15ClN2OS/c23-17-11-13-19(14-12-17)24-20(15-16-7-3-1-4-8-16)21(26)25(22(24)27)18-9-5-2-6-10-18/h1-15H/b20-15+. The molecule has 4 rings (SSSR count). The lowest BCUT2D eigenvalue weighted by Crippen LogP contribution is -2.32. The van der Waals surface area contributed by atoms with Crippen molar-refractivity contribution in [3.8, 4) is 0 Å². The molecular formula is C22H15ClN2OS. The predicted molar refractivity (Wildman–Crippen MR) is 115 cm³/mol. The van der Waals surface area contributed by atoms with Crippen LogP contribution >= 0.6 is 23.8 Å². The third-order valence-electron chi connectivity index (χ3n) is 4.25. The van der Waals surface area contributed by atoms with Crippen LogP contribution in [0.5, 0.6) is 0 Å². The Morgan fingerprint density at radius 1 is 0.741 bits per heavy atom. The topological polar surface area (TPSA) is 23.6 Å². The van der Waals surface area contributed by atoms with Gasteiger partial charge in [-0.1, -0.05) is 60.1 Å². The molecule has 0 aromatic heterocycles. The van der Waals surface area contributed by atoms with Crippen LogP contribution in [-0.4, -0.2) is 11.0 Å². The van der Waals surface area contributed by atoms with Crippen molar-refractivity contribution >= 4 is 52.3 Å². The van der Waals surface area contributed by atoms with Crippen molar-refractivity contribution in [1.82, 2.24) is 0 Å². The highest BCUT2D eigenvalue weighted by molar-refractivity contribution is 7.81. The van der Waals surface area contributed by atoms with Crippen molar-refractivity contribution in [3.63, 3.8) is 0 Å². The maximum Gasteiger partial charge on any atom is 0.281 e. The highest BCUT2D eigenvalue weighted by Crippen LogP contribution is 2.33. The first-order valence-electron chi connectivity index (χ1n) is 8.41. The van der Waals surface area contributed by atoms with E-state index in [1.54, 1.807) is 21.9 Å². The molecule has 3 aromatic rings. The molecule has 0 saturated carbocycles. The quantitative estimate of drug-likeness (QED) is 0.434. The number of nitrogens with zero attached hydrogens (tertiary/aromatic N) is 2. The van der Waals surface area contributed by atoms with Crippen LogP contribution in [0.3, 0.4) is 0 Å². The first kappa shape index (κ1) is 17.5. The van der Waals surface area contributed by atoms with Gasteiger partial charge in [0, 0.05) is 10.7 Å². The first-order valence-corrected chi connectivity index (χ1v) is 9.20. The summed E-state index contributed by atoms with van der Waals surface area (Å²) in [5.74, 6) is -0.162. The molecule has 0 bridgehead atoms. The van der Waals surface area contributed by atoms with Crippen molar-refractivity contribution in [2.24, 2.45) is 0 Å². The molecule has 0 N–H and O–H groups in total. The molecule has 5 heteroatoms. The van der Waals surface area contributed by atoms with Gasteiger partial charge >= 0.3 is 0 Å². The summed E-state index contributed by atoms with van der Waals surface area (Å²) in [5.41, 5.74) is 2.95. The summed E-state index contributed by atoms with van der Waals surface area (Å²) in [6.07, 6.45) is 1.85. The maximum atomic E-state index is 13.3. The largest absolute Gasteiger partial charge is 0.281 e. The number of benzene rings is 3. The van der Waals surface area contributed by atoms with Gasteiger partial charge in [0.2, 0.25) is 0 Å². The number of carbonyl (C=O) groups is 1. The van der Waals surface area contributed by atoms with Gasteiger partial charge in [-0.2, -0.15) is 0 Å². The molecule has 3 aromatic carbocycles. The van der Waals surface area contributed by atoms with Crippen molar-refractivity contribution in [2.75, 3.05) is 9.80 Å². The highest BCUT2D eigenvalue weighted by atomic mass is 35.5. The number of para-hydroxylation sites is 1. The van der Waals surface area contributed by atoms with E-state index in [1.165, 1.54) is 0 Å². The average Bonchev–Trinajstić information content (AvgIpc) is 2.94. The molecule has 1 aliphatic rings. The minimum atomic E-state index is -0.162. The van der Waals surface area contributed by atoms with E-state index < -0.39 is 0 Å². The Labute approximate surface area is 168 Å². The second kappa shape index (κ2) is 7.35. The molecule has 0 radical (unpaired) electrons. The van der Waals surface area contributed by atoms with E-state index in [1.807, 2.05) is 78.9 Å². The molecule has 27 heavy (non-hydrogen) atoms. The fraction of sp³-hybridized carbons (Fsp3) is 0. The third-order valence-corrected chi connectivity index (χ3v) is 4.86. The Kier molecular flexibility index (Phi) is 4.75. The first-order chi connectivity index (χ1) is 13.1. The Balaban J connectivity index is 1.85. The molecule has 1 aliphatic heterocycles. The van der Waals surface area contributed by atoms with Crippen LogP contribution in [0.4, 0.5) is 11.4 Å². The van der Waals surface area contributed by atoms with E-state index in [4.69, 9.17) is 23.8 Å². The van der Waals surface area contributed by atoms with Crippen LogP contribution in [0.15, 0.2) is 90.6 Å². The van der Waals surface area contributed by atoms with Crippen molar-refractivity contribution < 1.29 is 4.79 Å².